The van der Waals surface area contributed by atoms with E-state index in [4.69, 9.17) is 0 Å². The third-order valence-corrected chi connectivity index (χ3v) is 2.10. The predicted octanol–water partition coefficient (Wildman–Crippen LogP) is 0.676. The van der Waals surface area contributed by atoms with Crippen molar-refractivity contribution in [3.05, 3.63) is 34.0 Å². The van der Waals surface area contributed by atoms with Crippen molar-refractivity contribution in [1.82, 2.24) is 0 Å². The molecule has 1 heterocycles. The number of nitrogens with zero attached hydrogens (tertiary/aromatic N) is 2. The molecule has 60 valence electrons. The number of carbonyl (C=O) groups is 1. The van der Waals surface area contributed by atoms with Gasteiger partial charge in [-0.3, -0.25) is 0 Å². The van der Waals surface area contributed by atoms with E-state index in [0.29, 0.717) is 5.36 Å². The Bertz CT molecular complexity index is 474. The van der Waals surface area contributed by atoms with Crippen molar-refractivity contribution in [1.29, 1.82) is 0 Å². The maximum Gasteiger partial charge on any atom is 0.368 e. The van der Waals surface area contributed by atoms with Crippen molar-refractivity contribution in [3.63, 3.8) is 0 Å². The fraction of sp³-hybridized carbons (Fsp3) is 0.222. The van der Waals surface area contributed by atoms with E-state index in [1.807, 2.05) is 26.0 Å². The maximum absolute atomic E-state index is 10.8. The summed E-state index contributed by atoms with van der Waals surface area (Å²) in [7, 11) is 0. The second-order valence-electron chi connectivity index (χ2n) is 2.88. The first kappa shape index (κ1) is 7.16. The zero-order chi connectivity index (χ0) is 8.72. The summed E-state index contributed by atoms with van der Waals surface area (Å²) < 4.78 is 0. The van der Waals surface area contributed by atoms with Gasteiger partial charge in [0, 0.05) is 0 Å². The van der Waals surface area contributed by atoms with Crippen molar-refractivity contribution >= 4 is 6.03 Å². The molecule has 1 aliphatic rings. The number of hydrogen-bond donors (Lipinski definition) is 0. The lowest BCUT2D eigenvalue weighted by Crippen LogP contribution is -2.25. The fourth-order valence-electron chi connectivity index (χ4n) is 1.24. The van der Waals surface area contributed by atoms with Gasteiger partial charge in [-0.1, -0.05) is 6.07 Å². The van der Waals surface area contributed by atoms with Crippen LogP contribution >= 0.6 is 0 Å². The zero-order valence-electron chi connectivity index (χ0n) is 6.96. The second kappa shape index (κ2) is 2.24. The highest BCUT2D eigenvalue weighted by Gasteiger charge is 2.07. The van der Waals surface area contributed by atoms with Gasteiger partial charge in [-0.25, -0.2) is 4.79 Å². The molecule has 0 saturated carbocycles. The molecule has 0 bridgehead atoms. The minimum absolute atomic E-state index is 0.390. The number of aryl methyl sites for hydroxylation is 1. The predicted molar refractivity (Wildman–Crippen MR) is 43.6 cm³/mol. The van der Waals surface area contributed by atoms with E-state index in [-0.39, 0.29) is 0 Å². The molecule has 0 spiro atoms. The molecule has 3 nitrogen and oxygen atoms in total. The van der Waals surface area contributed by atoms with Gasteiger partial charge in [0.05, 0.1) is 10.7 Å². The molecule has 0 N–H and O–H groups in total. The summed E-state index contributed by atoms with van der Waals surface area (Å²) in [5.74, 6) is 0. The lowest BCUT2D eigenvalue weighted by Gasteiger charge is -1.95. The highest BCUT2D eigenvalue weighted by molar-refractivity contribution is 5.77. The zero-order valence-corrected chi connectivity index (χ0v) is 6.96. The van der Waals surface area contributed by atoms with Gasteiger partial charge in [0.15, 0.2) is 0 Å². The van der Waals surface area contributed by atoms with Crippen LogP contribution in [0.3, 0.4) is 0 Å². The van der Waals surface area contributed by atoms with Gasteiger partial charge in [-0.2, -0.15) is 9.98 Å². The molecule has 2 rings (SSSR count). The van der Waals surface area contributed by atoms with Crippen LogP contribution in [-0.2, 0) is 0 Å². The molecule has 0 saturated heterocycles. The molecule has 3 heteroatoms. The summed E-state index contributed by atoms with van der Waals surface area (Å²) >= 11 is 0. The van der Waals surface area contributed by atoms with Gasteiger partial charge < -0.3 is 0 Å². The van der Waals surface area contributed by atoms with E-state index < -0.39 is 6.03 Å². The molecule has 0 atom stereocenters. The number of amides is 2. The first-order valence-electron chi connectivity index (χ1n) is 3.76. The third-order valence-electron chi connectivity index (χ3n) is 2.10. The highest BCUT2D eigenvalue weighted by Crippen LogP contribution is 1.98. The van der Waals surface area contributed by atoms with Crippen LogP contribution in [0, 0.1) is 13.8 Å². The van der Waals surface area contributed by atoms with Crippen molar-refractivity contribution < 1.29 is 4.79 Å². The van der Waals surface area contributed by atoms with E-state index in [9.17, 15) is 4.79 Å². The van der Waals surface area contributed by atoms with Gasteiger partial charge in [0.2, 0.25) is 0 Å². The van der Waals surface area contributed by atoms with Crippen LogP contribution in [-0.4, -0.2) is 6.03 Å². The molecule has 0 unspecified atom stereocenters. The Morgan fingerprint density at radius 3 is 2.67 bits per heavy atom. The Balaban J connectivity index is 2.96. The van der Waals surface area contributed by atoms with Gasteiger partial charge >= 0.3 is 6.03 Å². The number of urea groups is 1. The maximum atomic E-state index is 10.8. The van der Waals surface area contributed by atoms with Crippen molar-refractivity contribution in [2.45, 2.75) is 13.8 Å². The normalized spacial score (nSPS) is 13.7. The van der Waals surface area contributed by atoms with Crippen LogP contribution in [0.15, 0.2) is 22.1 Å². The SMILES string of the molecule is Cc1ccc2c(c1C)=NC(=O)N=2. The average molecular weight is 160 g/mol. The molecule has 0 aliphatic carbocycles. The minimum atomic E-state index is -0.390. The van der Waals surface area contributed by atoms with Crippen molar-refractivity contribution in [3.8, 4) is 0 Å². The van der Waals surface area contributed by atoms with Crippen LogP contribution in [0.5, 0.6) is 0 Å². The van der Waals surface area contributed by atoms with E-state index in [0.717, 1.165) is 16.5 Å². The highest BCUT2D eigenvalue weighted by atomic mass is 16.2. The Morgan fingerprint density at radius 2 is 1.92 bits per heavy atom. The molecule has 1 aliphatic heterocycles. The minimum Gasteiger partial charge on any atom is -0.244 e. The Kier molecular flexibility index (Phi) is 1.33. The van der Waals surface area contributed by atoms with Crippen LogP contribution < -0.4 is 10.7 Å². The Labute approximate surface area is 69.5 Å². The molecule has 0 fully saturated rings. The van der Waals surface area contributed by atoms with Crippen LogP contribution in [0.2, 0.25) is 0 Å². The second-order valence-corrected chi connectivity index (χ2v) is 2.88. The number of hydrogen-bond acceptors (Lipinski definition) is 1. The Hall–Kier alpha value is -1.51. The first-order chi connectivity index (χ1) is 5.68. The van der Waals surface area contributed by atoms with Gasteiger partial charge in [0.1, 0.15) is 0 Å². The molecular formula is C9H8N2O. The standard InChI is InChI=1S/C9H8N2O/c1-5-3-4-7-8(6(5)2)11-9(12)10-7/h3-4H,1-2H3. The largest absolute Gasteiger partial charge is 0.368 e. The fourth-order valence-corrected chi connectivity index (χ4v) is 1.24. The molecule has 1 aromatic rings. The molecular weight excluding hydrogens is 152 g/mol. The number of fused-ring (bicyclic) bond motifs is 1. The van der Waals surface area contributed by atoms with E-state index in [1.54, 1.807) is 0 Å². The van der Waals surface area contributed by atoms with Crippen LogP contribution in [0.1, 0.15) is 11.1 Å². The molecule has 0 aromatic heterocycles. The number of rotatable bonds is 0. The molecule has 0 radical (unpaired) electrons. The number of carbonyl (C=O) groups excluding carboxylic acids is 1. The van der Waals surface area contributed by atoms with Crippen LogP contribution in [0.4, 0.5) is 4.79 Å². The van der Waals surface area contributed by atoms with Crippen molar-refractivity contribution in [2.75, 3.05) is 0 Å². The van der Waals surface area contributed by atoms with Gasteiger partial charge in [-0.15, -0.1) is 0 Å². The van der Waals surface area contributed by atoms with Crippen LogP contribution in [0.25, 0.3) is 0 Å². The van der Waals surface area contributed by atoms with Gasteiger partial charge in [-0.05, 0) is 31.0 Å². The van der Waals surface area contributed by atoms with E-state index >= 15 is 0 Å². The average Bonchev–Trinajstić information content (AvgIpc) is 2.39. The lowest BCUT2D eigenvalue weighted by atomic mass is 10.1. The van der Waals surface area contributed by atoms with Crippen molar-refractivity contribution in [2.24, 2.45) is 9.98 Å². The quantitative estimate of drug-likeness (QED) is 0.550. The monoisotopic (exact) mass is 160 g/mol. The van der Waals surface area contributed by atoms with Gasteiger partial charge in [0.25, 0.3) is 0 Å². The summed E-state index contributed by atoms with van der Waals surface area (Å²) in [5, 5.41) is 1.43. The summed E-state index contributed by atoms with van der Waals surface area (Å²) in [6.45, 7) is 3.94. The molecule has 2 amide bonds. The van der Waals surface area contributed by atoms with E-state index in [1.165, 1.54) is 0 Å². The molecule has 12 heavy (non-hydrogen) atoms. The van der Waals surface area contributed by atoms with E-state index in [2.05, 4.69) is 9.98 Å². The topological polar surface area (TPSA) is 41.8 Å². The first-order valence-corrected chi connectivity index (χ1v) is 3.76. The summed E-state index contributed by atoms with van der Waals surface area (Å²) in [6, 6.07) is 3.39. The third kappa shape index (κ3) is 0.863. The Morgan fingerprint density at radius 1 is 1.17 bits per heavy atom. The summed E-state index contributed by atoms with van der Waals surface area (Å²) in [4.78, 5) is 18.4. The molecule has 1 aromatic carbocycles. The smallest absolute Gasteiger partial charge is 0.244 e. The summed E-state index contributed by atoms with van der Waals surface area (Å²) in [5.41, 5.74) is 2.18. The number of benzene rings is 1. The summed E-state index contributed by atoms with van der Waals surface area (Å²) in [6.07, 6.45) is 0. The lowest BCUT2D eigenvalue weighted by molar-refractivity contribution is 0.256.